The van der Waals surface area contributed by atoms with Gasteiger partial charge in [-0.1, -0.05) is 55.5 Å². The quantitative estimate of drug-likeness (QED) is 0.358. The lowest BCUT2D eigenvalue weighted by atomic mass is 10.0. The Morgan fingerprint density at radius 3 is 2.39 bits per heavy atom. The van der Waals surface area contributed by atoms with Crippen LogP contribution in [0.2, 0.25) is 0 Å². The van der Waals surface area contributed by atoms with Gasteiger partial charge in [-0.05, 0) is 32.1 Å². The van der Waals surface area contributed by atoms with Crippen LogP contribution in [0.4, 0.5) is 0 Å². The summed E-state index contributed by atoms with van der Waals surface area (Å²) in [5, 5.41) is 38.7. The maximum atomic E-state index is 10.6. The first kappa shape index (κ1) is 24.3. The van der Waals surface area contributed by atoms with Crippen molar-refractivity contribution >= 4 is 5.97 Å². The minimum absolute atomic E-state index is 0.0832. The minimum Gasteiger partial charge on any atom is -0.481 e. The van der Waals surface area contributed by atoms with Crippen molar-refractivity contribution in [2.45, 2.75) is 82.4 Å². The van der Waals surface area contributed by atoms with E-state index < -0.39 is 36.5 Å². The van der Waals surface area contributed by atoms with E-state index in [2.05, 4.69) is 31.2 Å². The van der Waals surface area contributed by atoms with Crippen LogP contribution in [0.5, 0.6) is 0 Å². The zero-order valence-electron chi connectivity index (χ0n) is 16.6. The van der Waals surface area contributed by atoms with Crippen LogP contribution in [-0.2, 0) is 9.53 Å². The van der Waals surface area contributed by atoms with Gasteiger partial charge >= 0.3 is 5.97 Å². The molecule has 0 unspecified atom stereocenters. The van der Waals surface area contributed by atoms with Crippen molar-refractivity contribution in [2.75, 3.05) is 0 Å². The Morgan fingerprint density at radius 2 is 1.75 bits per heavy atom. The van der Waals surface area contributed by atoms with Crippen molar-refractivity contribution in [3.8, 4) is 0 Å². The third-order valence-electron chi connectivity index (χ3n) is 4.45. The molecule has 6 nitrogen and oxygen atoms in total. The third kappa shape index (κ3) is 10.6. The zero-order chi connectivity index (χ0) is 20.8. The zero-order valence-corrected chi connectivity index (χ0v) is 16.6. The van der Waals surface area contributed by atoms with Crippen LogP contribution in [0.15, 0.2) is 48.6 Å². The summed E-state index contributed by atoms with van der Waals surface area (Å²) in [6, 6.07) is 0. The highest BCUT2D eigenvalue weighted by atomic mass is 16.5. The summed E-state index contributed by atoms with van der Waals surface area (Å²) in [6.07, 6.45) is 15.4. The fraction of sp³-hybridized carbons (Fsp3) is 0.591. The number of carboxylic acids is 1. The molecule has 0 amide bonds. The molecule has 28 heavy (non-hydrogen) atoms. The van der Waals surface area contributed by atoms with Gasteiger partial charge in [0.15, 0.2) is 0 Å². The van der Waals surface area contributed by atoms with Gasteiger partial charge < -0.3 is 25.2 Å². The molecule has 0 saturated carbocycles. The van der Waals surface area contributed by atoms with Gasteiger partial charge in [-0.3, -0.25) is 4.79 Å². The molecule has 1 fully saturated rings. The summed E-state index contributed by atoms with van der Waals surface area (Å²) in [6.45, 7) is 2.10. The van der Waals surface area contributed by atoms with Gasteiger partial charge in [-0.25, -0.2) is 0 Å². The number of aliphatic hydroxyl groups excluding tert-OH is 3. The molecule has 1 aliphatic rings. The summed E-state index contributed by atoms with van der Waals surface area (Å²) in [5.41, 5.74) is 0. The Morgan fingerprint density at radius 1 is 1.11 bits per heavy atom. The van der Waals surface area contributed by atoms with Crippen molar-refractivity contribution in [1.82, 2.24) is 0 Å². The maximum Gasteiger partial charge on any atom is 0.303 e. The van der Waals surface area contributed by atoms with E-state index in [0.717, 1.165) is 19.3 Å². The van der Waals surface area contributed by atoms with E-state index in [1.54, 1.807) is 12.2 Å². The standard InChI is InChI=1S/C22H34O6/c1-2-3-4-5-6-7-8-9-10-11-17(23)12-14-20-19(25)16-21(28-20)18(24)13-15-22(26)27/h3-4,6-7,9-10,12,14,17-21,23-25H,2,5,8,11,13,15-16H2,1H3,(H,26,27)/b4-3-,7-6-,10-9-,14-12+/t17-,18+,19-,20+,21-/m0/s1. The highest BCUT2D eigenvalue weighted by Crippen LogP contribution is 2.25. The normalized spacial score (nSPS) is 25.5. The van der Waals surface area contributed by atoms with Gasteiger partial charge in [-0.2, -0.15) is 0 Å². The smallest absolute Gasteiger partial charge is 0.303 e. The Labute approximate surface area is 167 Å². The van der Waals surface area contributed by atoms with Crippen LogP contribution >= 0.6 is 0 Å². The van der Waals surface area contributed by atoms with E-state index in [9.17, 15) is 20.1 Å². The van der Waals surface area contributed by atoms with Crippen LogP contribution in [0.1, 0.15) is 51.9 Å². The molecule has 0 aromatic rings. The molecule has 1 heterocycles. The first-order chi connectivity index (χ1) is 13.4. The van der Waals surface area contributed by atoms with Crippen LogP contribution in [0.25, 0.3) is 0 Å². The molecule has 1 aliphatic heterocycles. The lowest BCUT2D eigenvalue weighted by Crippen LogP contribution is -2.26. The largest absolute Gasteiger partial charge is 0.481 e. The first-order valence-electron chi connectivity index (χ1n) is 9.98. The van der Waals surface area contributed by atoms with Gasteiger partial charge in [0.25, 0.3) is 0 Å². The van der Waals surface area contributed by atoms with E-state index in [-0.39, 0.29) is 19.3 Å². The first-order valence-corrected chi connectivity index (χ1v) is 9.98. The number of hydrogen-bond donors (Lipinski definition) is 4. The van der Waals surface area contributed by atoms with E-state index in [4.69, 9.17) is 9.84 Å². The molecule has 0 aliphatic carbocycles. The summed E-state index contributed by atoms with van der Waals surface area (Å²) in [5.74, 6) is -0.978. The Hall–Kier alpha value is -1.73. The molecule has 0 spiro atoms. The molecule has 0 radical (unpaired) electrons. The van der Waals surface area contributed by atoms with Gasteiger partial charge in [-0.15, -0.1) is 0 Å². The maximum absolute atomic E-state index is 10.6. The third-order valence-corrected chi connectivity index (χ3v) is 4.45. The Kier molecular flexibility index (Phi) is 12.4. The molecule has 4 N–H and O–H groups in total. The summed E-state index contributed by atoms with van der Waals surface area (Å²) >= 11 is 0. The summed E-state index contributed by atoms with van der Waals surface area (Å²) in [4.78, 5) is 10.6. The fourth-order valence-corrected chi connectivity index (χ4v) is 2.86. The Balaban J connectivity index is 2.29. The molecule has 1 saturated heterocycles. The molecule has 0 aromatic heterocycles. The van der Waals surface area contributed by atoms with Crippen molar-refractivity contribution in [3.05, 3.63) is 48.6 Å². The summed E-state index contributed by atoms with van der Waals surface area (Å²) < 4.78 is 5.59. The SMILES string of the molecule is CC/C=C\C/C=C\C/C=C\C[C@H](O)/C=C/[C@H]1O[C@H]([C@H](O)CCC(=O)O)C[C@@H]1O. The number of rotatable bonds is 13. The topological polar surface area (TPSA) is 107 Å². The van der Waals surface area contributed by atoms with Crippen LogP contribution in [0.3, 0.4) is 0 Å². The van der Waals surface area contributed by atoms with E-state index >= 15 is 0 Å². The van der Waals surface area contributed by atoms with Crippen molar-refractivity contribution < 1.29 is 30.0 Å². The van der Waals surface area contributed by atoms with Gasteiger partial charge in [0.05, 0.1) is 24.4 Å². The second kappa shape index (κ2) is 14.3. The van der Waals surface area contributed by atoms with Crippen molar-refractivity contribution in [1.29, 1.82) is 0 Å². The number of carboxylic acid groups (broad SMARTS) is 1. The molecular weight excluding hydrogens is 360 g/mol. The van der Waals surface area contributed by atoms with Gasteiger partial charge in [0.1, 0.15) is 6.10 Å². The number of carbonyl (C=O) groups is 1. The monoisotopic (exact) mass is 394 g/mol. The van der Waals surface area contributed by atoms with Crippen molar-refractivity contribution in [2.24, 2.45) is 0 Å². The fourth-order valence-electron chi connectivity index (χ4n) is 2.86. The minimum atomic E-state index is -0.978. The van der Waals surface area contributed by atoms with Gasteiger partial charge in [0.2, 0.25) is 0 Å². The predicted molar refractivity (Wildman–Crippen MR) is 109 cm³/mol. The van der Waals surface area contributed by atoms with Gasteiger partial charge in [0, 0.05) is 12.8 Å². The van der Waals surface area contributed by atoms with Crippen LogP contribution < -0.4 is 0 Å². The second-order valence-electron chi connectivity index (χ2n) is 6.92. The number of ether oxygens (including phenoxy) is 1. The van der Waals surface area contributed by atoms with E-state index in [1.165, 1.54) is 0 Å². The van der Waals surface area contributed by atoms with Crippen LogP contribution in [0, 0.1) is 0 Å². The number of allylic oxidation sites excluding steroid dienone is 5. The average molecular weight is 395 g/mol. The highest BCUT2D eigenvalue weighted by Gasteiger charge is 2.36. The highest BCUT2D eigenvalue weighted by molar-refractivity contribution is 5.66. The molecule has 0 aromatic carbocycles. The summed E-state index contributed by atoms with van der Waals surface area (Å²) in [7, 11) is 0. The number of aliphatic carboxylic acids is 1. The Bertz CT molecular complexity index is 551. The average Bonchev–Trinajstić information content (AvgIpc) is 3.04. The second-order valence-corrected chi connectivity index (χ2v) is 6.92. The van der Waals surface area contributed by atoms with E-state index in [1.807, 2.05) is 12.2 Å². The van der Waals surface area contributed by atoms with E-state index in [0.29, 0.717) is 6.42 Å². The predicted octanol–water partition coefficient (Wildman–Crippen LogP) is 2.90. The molecule has 0 bridgehead atoms. The molecule has 5 atom stereocenters. The lowest BCUT2D eigenvalue weighted by molar-refractivity contribution is -0.138. The molecule has 1 rings (SSSR count). The number of aliphatic hydroxyl groups is 3. The van der Waals surface area contributed by atoms with Crippen molar-refractivity contribution in [3.63, 3.8) is 0 Å². The number of hydrogen-bond acceptors (Lipinski definition) is 5. The lowest BCUT2D eigenvalue weighted by Gasteiger charge is -2.17. The molecule has 158 valence electrons. The molecular formula is C22H34O6. The molecule has 6 heteroatoms. The van der Waals surface area contributed by atoms with Crippen LogP contribution in [-0.4, -0.2) is 56.9 Å².